The summed E-state index contributed by atoms with van der Waals surface area (Å²) in [6, 6.07) is 31.8. The third-order valence-electron chi connectivity index (χ3n) is 9.54. The van der Waals surface area contributed by atoms with Crippen LogP contribution in [0.5, 0.6) is 0 Å². The third kappa shape index (κ3) is 3.87. The molecule has 0 unspecified atom stereocenters. The van der Waals surface area contributed by atoms with Crippen LogP contribution in [0.3, 0.4) is 0 Å². The first-order chi connectivity index (χ1) is 28.5. The van der Waals surface area contributed by atoms with Crippen LogP contribution in [0.2, 0.25) is 0 Å². The van der Waals surface area contributed by atoms with Gasteiger partial charge in [0.05, 0.1) is 34.6 Å². The Morgan fingerprint density at radius 1 is 0.520 bits per heavy atom. The van der Waals surface area contributed by atoms with E-state index in [1.54, 1.807) is 6.07 Å². The largest absolute Gasteiger partial charge is 0.455 e. The summed E-state index contributed by atoms with van der Waals surface area (Å²) in [7, 11) is 0. The molecule has 0 spiro atoms. The molecule has 0 bridgehead atoms. The van der Waals surface area contributed by atoms with Crippen LogP contribution in [0.1, 0.15) is 12.3 Å². The molecule has 3 aromatic heterocycles. The number of furan rings is 1. The highest BCUT2D eigenvalue weighted by molar-refractivity contribution is 6.22. The number of nitrogens with zero attached hydrogens (tertiary/aromatic N) is 3. The highest BCUT2D eigenvalue weighted by atomic mass is 16.3. The number of hydrogen-bond donors (Lipinski definition) is 0. The number of aromatic nitrogens is 3. The van der Waals surface area contributed by atoms with Gasteiger partial charge in [0, 0.05) is 37.9 Å². The van der Waals surface area contributed by atoms with E-state index in [1.165, 1.54) is 0 Å². The Balaban J connectivity index is 1.29. The van der Waals surface area contributed by atoms with E-state index in [2.05, 4.69) is 42.5 Å². The van der Waals surface area contributed by atoms with Gasteiger partial charge in [0.15, 0.2) is 0 Å². The molecule has 0 saturated carbocycles. The molecule has 4 heteroatoms. The Hall–Kier alpha value is -6.78. The molecular weight excluding hydrogens is 611 g/mol. The minimum atomic E-state index is -0.552. The zero-order chi connectivity index (χ0) is 40.6. The molecule has 0 fully saturated rings. The van der Waals surface area contributed by atoms with Gasteiger partial charge in [-0.3, -0.25) is 4.57 Å². The fourth-order valence-electron chi connectivity index (χ4n) is 7.32. The van der Waals surface area contributed by atoms with E-state index in [0.29, 0.717) is 10.9 Å². The van der Waals surface area contributed by atoms with Gasteiger partial charge >= 0.3 is 0 Å². The lowest BCUT2D eigenvalue weighted by molar-refractivity contribution is 0.673. The van der Waals surface area contributed by atoms with Gasteiger partial charge in [0.1, 0.15) is 11.2 Å². The molecule has 50 heavy (non-hydrogen) atoms. The van der Waals surface area contributed by atoms with Crippen molar-refractivity contribution in [2.45, 2.75) is 0 Å². The van der Waals surface area contributed by atoms with Crippen LogP contribution < -0.4 is 0 Å². The van der Waals surface area contributed by atoms with E-state index in [-0.39, 0.29) is 56.0 Å². The molecule has 0 N–H and O–H groups in total. The van der Waals surface area contributed by atoms with Gasteiger partial charge in [-0.25, -0.2) is 9.97 Å². The van der Waals surface area contributed by atoms with E-state index in [4.69, 9.17) is 24.0 Å². The van der Waals surface area contributed by atoms with Crippen molar-refractivity contribution in [1.29, 1.82) is 0 Å². The lowest BCUT2D eigenvalue weighted by atomic mass is 9.99. The first-order valence-electron chi connectivity index (χ1n) is 20.7. The third-order valence-corrected chi connectivity index (χ3v) is 9.54. The topological polar surface area (TPSA) is 43.9 Å². The summed E-state index contributed by atoms with van der Waals surface area (Å²) in [6.45, 7) is 0. The standard InChI is InChI=1S/C46H27N3O/c1-2-11-28(12-3-1)31-23-25-39-37(27-31)42-32-15-6-4-13-29(32)22-26-40(42)49(39)46-47-38-19-9-8-17-34(38)44(48-46)35-18-10-20-41-43(35)36-24-21-30-14-5-7-16-33(30)45(36)50-41/h1-27H/i5D,7D,10D,14D,16D,18D,20D,21D,24D. The summed E-state index contributed by atoms with van der Waals surface area (Å²) in [5, 5.41) is 4.37. The average molecular weight is 647 g/mol. The van der Waals surface area contributed by atoms with Crippen molar-refractivity contribution in [3.05, 3.63) is 164 Å². The predicted molar refractivity (Wildman–Crippen MR) is 207 cm³/mol. The van der Waals surface area contributed by atoms with Gasteiger partial charge in [-0.05, 0) is 63.6 Å². The van der Waals surface area contributed by atoms with Gasteiger partial charge in [-0.15, -0.1) is 0 Å². The molecule has 0 aliphatic carbocycles. The van der Waals surface area contributed by atoms with Crippen molar-refractivity contribution in [2.24, 2.45) is 0 Å². The van der Waals surface area contributed by atoms with Crippen molar-refractivity contribution in [3.8, 4) is 28.3 Å². The number of para-hydroxylation sites is 1. The van der Waals surface area contributed by atoms with E-state index < -0.39 is 48.3 Å². The number of hydrogen-bond acceptors (Lipinski definition) is 3. The van der Waals surface area contributed by atoms with Crippen LogP contribution in [-0.2, 0) is 0 Å². The average Bonchev–Trinajstić information content (AvgIpc) is 3.82. The highest BCUT2D eigenvalue weighted by Crippen LogP contribution is 2.42. The zero-order valence-corrected chi connectivity index (χ0v) is 26.1. The number of rotatable bonds is 3. The SMILES string of the molecule is [2H]c1c([2H])c(-c2nc(-n3c4ccc(-c5ccccc5)cc4c4c5ccccc5ccc43)nc3ccccc23)c2c(oc3c4c([2H])c([2H])c([2H])c([2H])c4c([2H])c([2H])c32)c1[2H]. The van der Waals surface area contributed by atoms with Crippen LogP contribution in [-0.4, -0.2) is 14.5 Å². The van der Waals surface area contributed by atoms with Crippen molar-refractivity contribution in [1.82, 2.24) is 14.5 Å². The quantitative estimate of drug-likeness (QED) is 0.192. The molecule has 11 aromatic rings. The Kier molecular flexibility index (Phi) is 4.12. The van der Waals surface area contributed by atoms with Crippen LogP contribution in [0.15, 0.2) is 168 Å². The van der Waals surface area contributed by atoms with E-state index in [9.17, 15) is 2.74 Å². The van der Waals surface area contributed by atoms with Crippen LogP contribution >= 0.6 is 0 Å². The first kappa shape index (κ1) is 19.9. The second-order valence-corrected chi connectivity index (χ2v) is 12.3. The maximum Gasteiger partial charge on any atom is 0.235 e. The number of benzene rings is 8. The first-order valence-corrected chi connectivity index (χ1v) is 16.2. The van der Waals surface area contributed by atoms with Crippen LogP contribution in [0, 0.1) is 0 Å². The monoisotopic (exact) mass is 646 g/mol. The van der Waals surface area contributed by atoms with E-state index in [0.717, 1.165) is 43.7 Å². The van der Waals surface area contributed by atoms with Crippen molar-refractivity contribution in [3.63, 3.8) is 0 Å². The van der Waals surface area contributed by atoms with Crippen LogP contribution in [0.25, 0.3) is 105 Å². The molecule has 232 valence electrons. The molecule has 8 aromatic carbocycles. The van der Waals surface area contributed by atoms with Crippen molar-refractivity contribution in [2.75, 3.05) is 0 Å². The Morgan fingerprint density at radius 2 is 1.34 bits per heavy atom. The highest BCUT2D eigenvalue weighted by Gasteiger charge is 2.22. The minimum absolute atomic E-state index is 0.0134. The summed E-state index contributed by atoms with van der Waals surface area (Å²) in [6.07, 6.45) is 0. The summed E-state index contributed by atoms with van der Waals surface area (Å²) in [4.78, 5) is 10.3. The summed E-state index contributed by atoms with van der Waals surface area (Å²) >= 11 is 0. The fraction of sp³-hybridized carbons (Fsp3) is 0. The molecule has 0 radical (unpaired) electrons. The molecular formula is C46H27N3O. The van der Waals surface area contributed by atoms with Crippen LogP contribution in [0.4, 0.5) is 0 Å². The van der Waals surface area contributed by atoms with E-state index >= 15 is 0 Å². The van der Waals surface area contributed by atoms with Gasteiger partial charge in [0.2, 0.25) is 5.95 Å². The second kappa shape index (κ2) is 10.4. The molecule has 3 heterocycles. The molecule has 11 rings (SSSR count). The maximum absolute atomic E-state index is 9.43. The minimum Gasteiger partial charge on any atom is -0.455 e. The molecule has 0 aliphatic heterocycles. The molecule has 4 nitrogen and oxygen atoms in total. The predicted octanol–water partition coefficient (Wildman–Crippen LogP) is 12.3. The second-order valence-electron chi connectivity index (χ2n) is 12.3. The van der Waals surface area contributed by atoms with Gasteiger partial charge in [-0.2, -0.15) is 0 Å². The summed E-state index contributed by atoms with van der Waals surface area (Å²) in [5.74, 6) is 0.273. The molecule has 0 atom stereocenters. The Morgan fingerprint density at radius 3 is 2.28 bits per heavy atom. The fourth-order valence-corrected chi connectivity index (χ4v) is 7.32. The zero-order valence-electron chi connectivity index (χ0n) is 35.1. The Labute approximate surface area is 299 Å². The lowest BCUT2D eigenvalue weighted by Gasteiger charge is -2.12. The molecule has 0 aliphatic rings. The van der Waals surface area contributed by atoms with Crippen molar-refractivity contribution < 1.29 is 16.8 Å². The van der Waals surface area contributed by atoms with Gasteiger partial charge < -0.3 is 4.42 Å². The smallest absolute Gasteiger partial charge is 0.235 e. The van der Waals surface area contributed by atoms with Gasteiger partial charge in [0.25, 0.3) is 0 Å². The van der Waals surface area contributed by atoms with Crippen molar-refractivity contribution >= 4 is 76.2 Å². The molecule has 0 amide bonds. The number of fused-ring (bicyclic) bond motifs is 11. The summed E-state index contributed by atoms with van der Waals surface area (Å²) in [5.41, 5.74) is 4.31. The Bertz CT molecular complexity index is 3670. The van der Waals surface area contributed by atoms with E-state index in [1.807, 2.05) is 65.2 Å². The normalized spacial score (nSPS) is 14.5. The lowest BCUT2D eigenvalue weighted by Crippen LogP contribution is -2.03. The maximum atomic E-state index is 9.43. The molecule has 0 saturated heterocycles. The summed E-state index contributed by atoms with van der Waals surface area (Å²) < 4.78 is 88.0. The van der Waals surface area contributed by atoms with Gasteiger partial charge in [-0.1, -0.05) is 127 Å².